The summed E-state index contributed by atoms with van der Waals surface area (Å²) in [5.41, 5.74) is 5.23. The molecule has 0 unspecified atom stereocenters. The molecule has 10 nitrogen and oxygen atoms in total. The molecule has 2 N–H and O–H groups in total. The van der Waals surface area contributed by atoms with Gasteiger partial charge in [0.1, 0.15) is 17.9 Å². The van der Waals surface area contributed by atoms with E-state index >= 15 is 0 Å². The number of methoxy groups -OCH3 is 1. The van der Waals surface area contributed by atoms with E-state index in [1.54, 1.807) is 30.3 Å². The highest BCUT2D eigenvalue weighted by atomic mass is 79.9. The highest BCUT2D eigenvalue weighted by Gasteiger charge is 2.25. The Morgan fingerprint density at radius 1 is 1.03 bits per heavy atom. The number of aromatic nitrogens is 2. The summed E-state index contributed by atoms with van der Waals surface area (Å²) in [5.74, 6) is -2.89. The third-order valence-electron chi connectivity index (χ3n) is 5.29. The van der Waals surface area contributed by atoms with E-state index in [1.165, 1.54) is 11.8 Å². The second-order valence-corrected chi connectivity index (χ2v) is 9.80. The molecule has 0 amide bonds. The number of Topliss-reactive ketones (excluding diaryl/α,β-unsaturated/α-hetero) is 1. The van der Waals surface area contributed by atoms with E-state index in [4.69, 9.17) is 10.5 Å². The van der Waals surface area contributed by atoms with Crippen LogP contribution in [-0.2, 0) is 32.2 Å². The lowest BCUT2D eigenvalue weighted by molar-refractivity contribution is -0.141. The van der Waals surface area contributed by atoms with Crippen LogP contribution in [0.1, 0.15) is 21.5 Å². The van der Waals surface area contributed by atoms with E-state index < -0.39 is 47.7 Å². The molecule has 1 heterocycles. The Labute approximate surface area is 224 Å². The summed E-state index contributed by atoms with van der Waals surface area (Å²) in [6, 6.07) is 14.4. The summed E-state index contributed by atoms with van der Waals surface area (Å²) in [6.07, 6.45) is 0. The van der Waals surface area contributed by atoms with Crippen LogP contribution < -0.4 is 17.0 Å². The standard InChI is InChI=1S/C25H24BrN3O7S/c1-15-10-17(26)8-9-19(15)37-14-21(32)36-13-18(30)22-23(27)28(11-16-6-4-3-5-7-16)25(34)29(24(22)33)12-20(31)35-2/h3-10H,11-14,27H2,1-2H3. The minimum atomic E-state index is -1.07. The molecule has 3 aromatic rings. The minimum Gasteiger partial charge on any atom is -0.468 e. The fourth-order valence-corrected chi connectivity index (χ4v) is 4.68. The lowest BCUT2D eigenvalue weighted by atomic mass is 10.2. The fourth-order valence-electron chi connectivity index (χ4n) is 3.40. The normalized spacial score (nSPS) is 10.7. The van der Waals surface area contributed by atoms with E-state index in [0.717, 1.165) is 26.6 Å². The second-order valence-electron chi connectivity index (χ2n) is 7.86. The van der Waals surface area contributed by atoms with Crippen molar-refractivity contribution in [2.45, 2.75) is 24.9 Å². The first-order chi connectivity index (χ1) is 17.6. The van der Waals surface area contributed by atoms with Gasteiger partial charge in [-0.1, -0.05) is 46.3 Å². The summed E-state index contributed by atoms with van der Waals surface area (Å²) in [7, 11) is 1.10. The fraction of sp³-hybridized carbons (Fsp3) is 0.240. The van der Waals surface area contributed by atoms with Crippen molar-refractivity contribution >= 4 is 51.2 Å². The summed E-state index contributed by atoms with van der Waals surface area (Å²) < 4.78 is 12.2. The smallest absolute Gasteiger partial charge is 0.333 e. The monoisotopic (exact) mass is 589 g/mol. The molecule has 0 bridgehead atoms. The van der Waals surface area contributed by atoms with Crippen molar-refractivity contribution in [1.82, 2.24) is 9.13 Å². The van der Waals surface area contributed by atoms with Crippen molar-refractivity contribution in [2.24, 2.45) is 0 Å². The number of ether oxygens (including phenoxy) is 2. The van der Waals surface area contributed by atoms with Gasteiger partial charge in [-0.15, -0.1) is 11.8 Å². The quantitative estimate of drug-likeness (QED) is 0.214. The first-order valence-corrected chi connectivity index (χ1v) is 12.7. The molecule has 1 aromatic heterocycles. The zero-order chi connectivity index (χ0) is 27.1. The maximum atomic E-state index is 13.0. The first-order valence-electron chi connectivity index (χ1n) is 10.9. The largest absolute Gasteiger partial charge is 0.468 e. The molecule has 3 rings (SSSR count). The molecule has 37 heavy (non-hydrogen) atoms. The van der Waals surface area contributed by atoms with Gasteiger partial charge >= 0.3 is 17.6 Å². The van der Waals surface area contributed by atoms with Crippen LogP contribution in [0.25, 0.3) is 0 Å². The Kier molecular flexibility index (Phi) is 9.48. The third kappa shape index (κ3) is 6.98. The molecule has 0 saturated heterocycles. The molecule has 0 atom stereocenters. The molecule has 0 radical (unpaired) electrons. The lowest BCUT2D eigenvalue weighted by Gasteiger charge is -2.16. The number of hydrogen-bond donors (Lipinski definition) is 1. The summed E-state index contributed by atoms with van der Waals surface area (Å²) >= 11 is 4.62. The predicted molar refractivity (Wildman–Crippen MR) is 142 cm³/mol. The number of rotatable bonds is 10. The van der Waals surface area contributed by atoms with Crippen LogP contribution in [0.3, 0.4) is 0 Å². The van der Waals surface area contributed by atoms with Gasteiger partial charge in [-0.2, -0.15) is 0 Å². The number of aryl methyl sites for hydroxylation is 1. The number of nitrogen functional groups attached to an aromatic ring is 1. The molecule has 2 aromatic carbocycles. The van der Waals surface area contributed by atoms with Gasteiger partial charge in [-0.3, -0.25) is 23.7 Å². The molecule has 0 saturated carbocycles. The van der Waals surface area contributed by atoms with Gasteiger partial charge in [0.25, 0.3) is 5.56 Å². The SMILES string of the molecule is COC(=O)Cn1c(=O)c(C(=O)COC(=O)CSc2ccc(Br)cc2C)c(N)n(Cc2ccccc2)c1=O. The topological polar surface area (TPSA) is 140 Å². The van der Waals surface area contributed by atoms with Crippen molar-refractivity contribution in [1.29, 1.82) is 0 Å². The van der Waals surface area contributed by atoms with Gasteiger partial charge < -0.3 is 15.2 Å². The van der Waals surface area contributed by atoms with E-state index in [1.807, 2.05) is 25.1 Å². The summed E-state index contributed by atoms with van der Waals surface area (Å²) in [6.45, 7) is 0.358. The number of hydrogen-bond acceptors (Lipinski definition) is 9. The second kappa shape index (κ2) is 12.5. The lowest BCUT2D eigenvalue weighted by Crippen LogP contribution is -2.46. The molecule has 0 aliphatic rings. The number of nitrogens with two attached hydrogens (primary N) is 1. The van der Waals surface area contributed by atoms with Crippen LogP contribution in [0.2, 0.25) is 0 Å². The Hall–Kier alpha value is -3.64. The van der Waals surface area contributed by atoms with Crippen molar-refractivity contribution in [3.8, 4) is 0 Å². The van der Waals surface area contributed by atoms with Crippen LogP contribution in [0.4, 0.5) is 5.82 Å². The zero-order valence-corrected chi connectivity index (χ0v) is 22.5. The Balaban J connectivity index is 1.84. The number of carbonyl (C=O) groups is 3. The number of anilines is 1. The number of esters is 2. The maximum absolute atomic E-state index is 13.0. The zero-order valence-electron chi connectivity index (χ0n) is 20.1. The number of nitrogens with zero attached hydrogens (tertiary/aromatic N) is 2. The van der Waals surface area contributed by atoms with Crippen LogP contribution in [0, 0.1) is 6.92 Å². The van der Waals surface area contributed by atoms with Crippen molar-refractivity contribution in [2.75, 3.05) is 25.2 Å². The van der Waals surface area contributed by atoms with E-state index in [9.17, 15) is 24.0 Å². The molecule has 0 fully saturated rings. The van der Waals surface area contributed by atoms with Gasteiger partial charge in [0.05, 0.1) is 19.4 Å². The maximum Gasteiger partial charge on any atom is 0.333 e. The van der Waals surface area contributed by atoms with Gasteiger partial charge in [0, 0.05) is 9.37 Å². The first kappa shape index (κ1) is 27.9. The van der Waals surface area contributed by atoms with Crippen LogP contribution in [0.5, 0.6) is 0 Å². The highest BCUT2D eigenvalue weighted by Crippen LogP contribution is 2.25. The molecular formula is C25H24BrN3O7S. The summed E-state index contributed by atoms with van der Waals surface area (Å²) in [4.78, 5) is 64.0. The van der Waals surface area contributed by atoms with Gasteiger partial charge in [-0.05, 0) is 36.2 Å². The minimum absolute atomic E-state index is 0.0593. The predicted octanol–water partition coefficient (Wildman–Crippen LogP) is 2.40. The molecule has 12 heteroatoms. The Bertz CT molecular complexity index is 1450. The van der Waals surface area contributed by atoms with Gasteiger partial charge in [0.2, 0.25) is 5.78 Å². The molecule has 0 aliphatic carbocycles. The summed E-state index contributed by atoms with van der Waals surface area (Å²) in [5, 5.41) is 0. The molecular weight excluding hydrogens is 566 g/mol. The van der Waals surface area contributed by atoms with E-state index in [-0.39, 0.29) is 18.1 Å². The highest BCUT2D eigenvalue weighted by molar-refractivity contribution is 9.10. The Morgan fingerprint density at radius 3 is 2.38 bits per heavy atom. The number of ketones is 1. The average molecular weight is 590 g/mol. The number of benzene rings is 2. The van der Waals surface area contributed by atoms with Crippen LogP contribution >= 0.6 is 27.7 Å². The average Bonchev–Trinajstić information content (AvgIpc) is 2.87. The number of thioether (sulfide) groups is 1. The number of carbonyl (C=O) groups excluding carboxylic acids is 3. The van der Waals surface area contributed by atoms with Crippen LogP contribution in [0.15, 0.2) is 67.5 Å². The molecule has 0 aliphatic heterocycles. The van der Waals surface area contributed by atoms with Gasteiger partial charge in [0.15, 0.2) is 6.61 Å². The van der Waals surface area contributed by atoms with Crippen molar-refractivity contribution in [3.05, 3.63) is 90.5 Å². The van der Waals surface area contributed by atoms with Gasteiger partial charge in [-0.25, -0.2) is 9.36 Å². The third-order valence-corrected chi connectivity index (χ3v) is 6.93. The van der Waals surface area contributed by atoms with Crippen molar-refractivity contribution < 1.29 is 23.9 Å². The van der Waals surface area contributed by atoms with E-state index in [0.29, 0.717) is 10.1 Å². The molecule has 194 valence electrons. The number of halogens is 1. The Morgan fingerprint density at radius 2 is 1.73 bits per heavy atom. The van der Waals surface area contributed by atoms with Crippen LogP contribution in [-0.4, -0.2) is 46.3 Å². The van der Waals surface area contributed by atoms with E-state index in [2.05, 4.69) is 20.7 Å². The molecule has 0 spiro atoms. The van der Waals surface area contributed by atoms with Crippen molar-refractivity contribution in [3.63, 3.8) is 0 Å².